The second-order valence-electron chi connectivity index (χ2n) is 8.37. The number of esters is 1. The molecule has 2 saturated heterocycles. The van der Waals surface area contributed by atoms with Crippen molar-refractivity contribution in [2.24, 2.45) is 5.41 Å². The third kappa shape index (κ3) is 2.96. The normalized spacial score (nSPS) is 31.1. The van der Waals surface area contributed by atoms with Gasteiger partial charge in [0.1, 0.15) is 11.6 Å². The maximum atomic E-state index is 12.7. The van der Waals surface area contributed by atoms with Gasteiger partial charge in [-0.3, -0.25) is 9.69 Å². The molecule has 7 nitrogen and oxygen atoms in total. The Balaban J connectivity index is 1.81. The van der Waals surface area contributed by atoms with Crippen LogP contribution in [0.15, 0.2) is 0 Å². The molecule has 0 unspecified atom stereocenters. The summed E-state index contributed by atoms with van der Waals surface area (Å²) in [6.45, 7) is 5.51. The van der Waals surface area contributed by atoms with Crippen LogP contribution in [0.3, 0.4) is 0 Å². The predicted octanol–water partition coefficient (Wildman–Crippen LogP) is 1.60. The highest BCUT2D eigenvalue weighted by Gasteiger charge is 2.60. The molecule has 0 radical (unpaired) electrons. The molecular weight excluding hydrogens is 312 g/mol. The molecule has 0 aromatic heterocycles. The first-order valence-corrected chi connectivity index (χ1v) is 8.50. The fourth-order valence-corrected chi connectivity index (χ4v) is 3.74. The molecule has 3 aliphatic rings. The first kappa shape index (κ1) is 17.0. The summed E-state index contributed by atoms with van der Waals surface area (Å²) in [5, 5.41) is 3.11. The molecular formula is C17H26N2O5. The van der Waals surface area contributed by atoms with Crippen molar-refractivity contribution >= 4 is 18.0 Å². The molecule has 2 heterocycles. The van der Waals surface area contributed by atoms with Crippen molar-refractivity contribution in [2.75, 3.05) is 13.7 Å². The van der Waals surface area contributed by atoms with Gasteiger partial charge in [0, 0.05) is 12.1 Å². The van der Waals surface area contributed by atoms with E-state index in [1.54, 1.807) is 20.8 Å². The van der Waals surface area contributed by atoms with E-state index in [2.05, 4.69) is 5.32 Å². The van der Waals surface area contributed by atoms with Gasteiger partial charge in [-0.2, -0.15) is 0 Å². The molecule has 0 bridgehead atoms. The van der Waals surface area contributed by atoms with Crippen molar-refractivity contribution in [1.82, 2.24) is 10.2 Å². The number of carbonyl (C=O) groups excluding carboxylic acids is 3. The van der Waals surface area contributed by atoms with Crippen molar-refractivity contribution in [3.63, 3.8) is 0 Å². The molecule has 0 aromatic rings. The molecule has 1 aliphatic carbocycles. The largest absolute Gasteiger partial charge is 0.467 e. The van der Waals surface area contributed by atoms with Crippen LogP contribution in [-0.4, -0.2) is 53.7 Å². The number of piperidine rings is 1. The van der Waals surface area contributed by atoms with E-state index < -0.39 is 29.1 Å². The Bertz CT molecular complexity index is 578. The van der Waals surface area contributed by atoms with Gasteiger partial charge in [0.2, 0.25) is 5.91 Å². The Morgan fingerprint density at radius 1 is 1.21 bits per heavy atom. The van der Waals surface area contributed by atoms with Crippen molar-refractivity contribution in [1.29, 1.82) is 0 Å². The standard InChI is InChI=1S/C17H26N2O5/c1-15(2,3)24-14(22)19-10-16(9-11(19)12(20)23-4)5-6-17(7-8-17)18-13(16)21/h11H,5-10H2,1-4H3,(H,18,21)/t11-,16-/m0/s1. The molecule has 7 heteroatoms. The number of nitrogens with zero attached hydrogens (tertiary/aromatic N) is 1. The molecule has 24 heavy (non-hydrogen) atoms. The van der Waals surface area contributed by atoms with E-state index in [1.807, 2.05) is 0 Å². The quantitative estimate of drug-likeness (QED) is 0.734. The lowest BCUT2D eigenvalue weighted by Gasteiger charge is -2.37. The SMILES string of the molecule is COC(=O)[C@@H]1C[C@@]2(CCC3(CC3)NC2=O)CN1C(=O)OC(C)(C)C. The van der Waals surface area contributed by atoms with Crippen LogP contribution in [0.2, 0.25) is 0 Å². The number of likely N-dealkylation sites (tertiary alicyclic amines) is 1. The van der Waals surface area contributed by atoms with Gasteiger partial charge in [0.25, 0.3) is 0 Å². The number of rotatable bonds is 1. The maximum Gasteiger partial charge on any atom is 0.411 e. The fraction of sp³-hybridized carbons (Fsp3) is 0.824. The Kier molecular flexibility index (Phi) is 3.81. The van der Waals surface area contributed by atoms with E-state index in [1.165, 1.54) is 12.0 Å². The number of hydrogen-bond acceptors (Lipinski definition) is 5. The van der Waals surface area contributed by atoms with Crippen molar-refractivity contribution in [3.8, 4) is 0 Å². The van der Waals surface area contributed by atoms with Crippen LogP contribution in [0, 0.1) is 5.41 Å². The van der Waals surface area contributed by atoms with E-state index in [9.17, 15) is 14.4 Å². The zero-order valence-corrected chi connectivity index (χ0v) is 14.8. The summed E-state index contributed by atoms with van der Waals surface area (Å²) in [7, 11) is 1.29. The van der Waals surface area contributed by atoms with Crippen LogP contribution >= 0.6 is 0 Å². The van der Waals surface area contributed by atoms with E-state index in [-0.39, 0.29) is 18.0 Å². The first-order chi connectivity index (χ1) is 11.1. The lowest BCUT2D eigenvalue weighted by Crippen LogP contribution is -2.53. The summed E-state index contributed by atoms with van der Waals surface area (Å²) in [4.78, 5) is 38.8. The average molecular weight is 338 g/mol. The van der Waals surface area contributed by atoms with Crippen LogP contribution in [-0.2, 0) is 19.1 Å². The van der Waals surface area contributed by atoms with E-state index >= 15 is 0 Å². The van der Waals surface area contributed by atoms with E-state index in [4.69, 9.17) is 9.47 Å². The molecule has 2 spiro atoms. The summed E-state index contributed by atoms with van der Waals surface area (Å²) in [6.07, 6.45) is 3.34. The molecule has 0 aromatic carbocycles. The molecule has 2 atom stereocenters. The highest BCUT2D eigenvalue weighted by atomic mass is 16.6. The molecule has 2 aliphatic heterocycles. The number of amides is 2. The number of ether oxygens (including phenoxy) is 2. The second-order valence-corrected chi connectivity index (χ2v) is 8.37. The molecule has 1 saturated carbocycles. The van der Waals surface area contributed by atoms with Crippen molar-refractivity contribution in [2.45, 2.75) is 70.1 Å². The molecule has 2 amide bonds. The number of nitrogens with one attached hydrogen (secondary N) is 1. The third-order valence-corrected chi connectivity index (χ3v) is 5.33. The predicted molar refractivity (Wildman–Crippen MR) is 85.1 cm³/mol. The van der Waals surface area contributed by atoms with Gasteiger partial charge in [-0.05, 0) is 52.9 Å². The minimum Gasteiger partial charge on any atom is -0.467 e. The Hall–Kier alpha value is -1.79. The Morgan fingerprint density at radius 2 is 1.83 bits per heavy atom. The summed E-state index contributed by atoms with van der Waals surface area (Å²) in [5.41, 5.74) is -1.41. The lowest BCUT2D eigenvalue weighted by atomic mass is 9.75. The average Bonchev–Trinajstić information content (AvgIpc) is 3.11. The smallest absolute Gasteiger partial charge is 0.411 e. The highest BCUT2D eigenvalue weighted by molar-refractivity contribution is 5.90. The second kappa shape index (κ2) is 5.36. The Labute approximate surface area is 142 Å². The van der Waals surface area contributed by atoms with Crippen molar-refractivity contribution in [3.05, 3.63) is 0 Å². The van der Waals surface area contributed by atoms with Gasteiger partial charge < -0.3 is 14.8 Å². The van der Waals surface area contributed by atoms with Crippen LogP contribution in [0.1, 0.15) is 52.9 Å². The molecule has 3 rings (SSSR count). The van der Waals surface area contributed by atoms with Crippen LogP contribution < -0.4 is 5.32 Å². The van der Waals surface area contributed by atoms with Gasteiger partial charge in [-0.25, -0.2) is 9.59 Å². The summed E-state index contributed by atoms with van der Waals surface area (Å²) in [5.74, 6) is -0.552. The Morgan fingerprint density at radius 3 is 2.33 bits per heavy atom. The first-order valence-electron chi connectivity index (χ1n) is 8.50. The maximum absolute atomic E-state index is 12.7. The molecule has 1 N–H and O–H groups in total. The zero-order chi connectivity index (χ0) is 17.8. The highest BCUT2D eigenvalue weighted by Crippen LogP contribution is 2.51. The minimum absolute atomic E-state index is 0.0254. The van der Waals surface area contributed by atoms with Gasteiger partial charge in [0.15, 0.2) is 0 Å². The fourth-order valence-electron chi connectivity index (χ4n) is 3.74. The number of methoxy groups -OCH3 is 1. The lowest BCUT2D eigenvalue weighted by molar-refractivity contribution is -0.145. The van der Waals surface area contributed by atoms with Gasteiger partial charge in [-0.15, -0.1) is 0 Å². The van der Waals surface area contributed by atoms with Crippen LogP contribution in [0.5, 0.6) is 0 Å². The zero-order valence-electron chi connectivity index (χ0n) is 14.8. The van der Waals surface area contributed by atoms with E-state index in [0.717, 1.165) is 19.3 Å². The van der Waals surface area contributed by atoms with Crippen LogP contribution in [0.4, 0.5) is 4.79 Å². The monoisotopic (exact) mass is 338 g/mol. The molecule has 134 valence electrons. The molecule has 3 fully saturated rings. The van der Waals surface area contributed by atoms with Gasteiger partial charge in [-0.1, -0.05) is 0 Å². The number of carbonyl (C=O) groups is 3. The summed E-state index contributed by atoms with van der Waals surface area (Å²) in [6, 6.07) is -0.774. The van der Waals surface area contributed by atoms with Gasteiger partial charge >= 0.3 is 12.1 Å². The minimum atomic E-state index is -0.774. The van der Waals surface area contributed by atoms with Crippen molar-refractivity contribution < 1.29 is 23.9 Å². The van der Waals surface area contributed by atoms with E-state index in [0.29, 0.717) is 12.8 Å². The van der Waals surface area contributed by atoms with Gasteiger partial charge in [0.05, 0.1) is 12.5 Å². The number of hydrogen-bond donors (Lipinski definition) is 1. The topological polar surface area (TPSA) is 84.9 Å². The third-order valence-electron chi connectivity index (χ3n) is 5.33. The summed E-state index contributed by atoms with van der Waals surface area (Å²) >= 11 is 0. The summed E-state index contributed by atoms with van der Waals surface area (Å²) < 4.78 is 10.3. The van der Waals surface area contributed by atoms with Crippen LogP contribution in [0.25, 0.3) is 0 Å².